The molecule has 21 heavy (non-hydrogen) atoms. The van der Waals surface area contributed by atoms with Crippen molar-refractivity contribution in [3.05, 3.63) is 70.5 Å². The monoisotopic (exact) mass is 288 g/mol. The van der Waals surface area contributed by atoms with Gasteiger partial charge in [-0.2, -0.15) is 0 Å². The van der Waals surface area contributed by atoms with Gasteiger partial charge in [-0.25, -0.2) is 8.78 Å². The summed E-state index contributed by atoms with van der Waals surface area (Å²) in [7, 11) is 0. The van der Waals surface area contributed by atoms with Gasteiger partial charge in [-0.1, -0.05) is 6.08 Å². The number of hydrogen-bond donors (Lipinski definition) is 0. The lowest BCUT2D eigenvalue weighted by molar-refractivity contribution is 0.0777. The van der Waals surface area contributed by atoms with Gasteiger partial charge in [0.15, 0.2) is 0 Å². The van der Waals surface area contributed by atoms with E-state index in [0.717, 1.165) is 29.4 Å². The first kappa shape index (κ1) is 14.1. The molecule has 0 saturated heterocycles. The molecule has 1 nitrogen and oxygen atoms in total. The summed E-state index contributed by atoms with van der Waals surface area (Å²) in [5, 5.41) is 0. The van der Waals surface area contributed by atoms with E-state index in [1.807, 2.05) is 32.9 Å². The largest absolute Gasteiger partial charge is 0.483 e. The van der Waals surface area contributed by atoms with Crippen molar-refractivity contribution < 1.29 is 13.5 Å². The standard InChI is InChI=1S/C18H18F2O/c1-11-10-18(2,3)21-16-6-4-5-15(17(11)16)12-7-13(19)9-14(20)8-12/h4,6-10,15H,5H2,1-3H3/t15-/m1/s1. The molecule has 3 rings (SSSR count). The van der Waals surface area contributed by atoms with Gasteiger partial charge in [0.1, 0.15) is 23.0 Å². The molecule has 0 unspecified atom stereocenters. The highest BCUT2D eigenvalue weighted by molar-refractivity contribution is 5.50. The number of halogens is 2. The van der Waals surface area contributed by atoms with Crippen LogP contribution in [0, 0.1) is 11.6 Å². The normalized spacial score (nSPS) is 23.5. The van der Waals surface area contributed by atoms with Gasteiger partial charge in [-0.15, -0.1) is 0 Å². The summed E-state index contributed by atoms with van der Waals surface area (Å²) in [6.07, 6.45) is 6.74. The van der Waals surface area contributed by atoms with Crippen molar-refractivity contribution >= 4 is 0 Å². The maximum Gasteiger partial charge on any atom is 0.126 e. The molecule has 0 bridgehead atoms. The quantitative estimate of drug-likeness (QED) is 0.705. The third kappa shape index (κ3) is 2.65. The molecule has 1 aromatic rings. The van der Waals surface area contributed by atoms with Gasteiger partial charge >= 0.3 is 0 Å². The third-order valence-electron chi connectivity index (χ3n) is 3.90. The Kier molecular flexibility index (Phi) is 3.23. The Hall–Kier alpha value is -1.90. The molecule has 1 heterocycles. The van der Waals surface area contributed by atoms with Gasteiger partial charge in [0.25, 0.3) is 0 Å². The van der Waals surface area contributed by atoms with Crippen LogP contribution in [0.5, 0.6) is 0 Å². The zero-order valence-corrected chi connectivity index (χ0v) is 12.4. The minimum Gasteiger partial charge on any atom is -0.483 e. The second kappa shape index (κ2) is 4.83. The summed E-state index contributed by atoms with van der Waals surface area (Å²) < 4.78 is 33.0. The van der Waals surface area contributed by atoms with E-state index >= 15 is 0 Å². The maximum absolute atomic E-state index is 13.5. The van der Waals surface area contributed by atoms with Crippen LogP contribution in [0.25, 0.3) is 0 Å². The van der Waals surface area contributed by atoms with Crippen LogP contribution in [0.2, 0.25) is 0 Å². The Labute approximate surface area is 123 Å². The SMILES string of the molecule is CC1=CC(C)(C)OC2=C1[C@@H](c1cc(F)cc(F)c1)CC=C2. The van der Waals surface area contributed by atoms with Crippen LogP contribution in [0.4, 0.5) is 8.78 Å². The molecular weight excluding hydrogens is 270 g/mol. The van der Waals surface area contributed by atoms with Crippen molar-refractivity contribution in [3.8, 4) is 0 Å². The van der Waals surface area contributed by atoms with Crippen molar-refractivity contribution in [1.82, 2.24) is 0 Å². The van der Waals surface area contributed by atoms with E-state index in [0.29, 0.717) is 5.56 Å². The van der Waals surface area contributed by atoms with Crippen LogP contribution in [0.1, 0.15) is 38.7 Å². The second-order valence-corrected chi connectivity index (χ2v) is 6.20. The van der Waals surface area contributed by atoms with E-state index in [-0.39, 0.29) is 11.5 Å². The number of rotatable bonds is 1. The van der Waals surface area contributed by atoms with Crippen molar-refractivity contribution in [1.29, 1.82) is 0 Å². The molecule has 110 valence electrons. The summed E-state index contributed by atoms with van der Waals surface area (Å²) in [4.78, 5) is 0. The molecule has 0 amide bonds. The average molecular weight is 288 g/mol. The molecule has 0 saturated carbocycles. The van der Waals surface area contributed by atoms with Gasteiger partial charge < -0.3 is 4.74 Å². The Balaban J connectivity index is 2.08. The first-order chi connectivity index (χ1) is 9.85. The molecule has 0 fully saturated rings. The van der Waals surface area contributed by atoms with Crippen molar-refractivity contribution in [2.75, 3.05) is 0 Å². The predicted octanol–water partition coefficient (Wildman–Crippen LogP) is 5.02. The summed E-state index contributed by atoms with van der Waals surface area (Å²) in [6.45, 7) is 6.03. The number of benzene rings is 1. The van der Waals surface area contributed by atoms with Crippen LogP contribution < -0.4 is 0 Å². The van der Waals surface area contributed by atoms with Crippen molar-refractivity contribution in [2.45, 2.75) is 38.7 Å². The Bertz CT molecular complexity index is 660. The van der Waals surface area contributed by atoms with E-state index < -0.39 is 11.6 Å². The van der Waals surface area contributed by atoms with E-state index in [4.69, 9.17) is 4.74 Å². The summed E-state index contributed by atoms with van der Waals surface area (Å²) in [6, 6.07) is 3.72. The second-order valence-electron chi connectivity index (χ2n) is 6.20. The Morgan fingerprint density at radius 1 is 1.14 bits per heavy atom. The zero-order valence-electron chi connectivity index (χ0n) is 12.4. The predicted molar refractivity (Wildman–Crippen MR) is 78.8 cm³/mol. The lowest BCUT2D eigenvalue weighted by Gasteiger charge is -2.36. The molecule has 2 aliphatic rings. The fourth-order valence-corrected chi connectivity index (χ4v) is 3.24. The molecule has 0 radical (unpaired) electrons. The van der Waals surface area contributed by atoms with E-state index in [9.17, 15) is 8.78 Å². The topological polar surface area (TPSA) is 9.23 Å². The molecule has 0 spiro atoms. The molecular formula is C18H18F2O. The lowest BCUT2D eigenvalue weighted by atomic mass is 9.79. The van der Waals surface area contributed by atoms with E-state index in [1.165, 1.54) is 12.1 Å². The highest BCUT2D eigenvalue weighted by Gasteiger charge is 2.32. The van der Waals surface area contributed by atoms with Crippen LogP contribution in [0.3, 0.4) is 0 Å². The van der Waals surface area contributed by atoms with Gasteiger partial charge in [0, 0.05) is 17.6 Å². The molecule has 1 aliphatic carbocycles. The van der Waals surface area contributed by atoms with Gasteiger partial charge in [-0.3, -0.25) is 0 Å². The van der Waals surface area contributed by atoms with Crippen molar-refractivity contribution in [3.63, 3.8) is 0 Å². The highest BCUT2D eigenvalue weighted by atomic mass is 19.1. The van der Waals surface area contributed by atoms with Crippen LogP contribution in [-0.2, 0) is 4.74 Å². The minimum absolute atomic E-state index is 0.0671. The molecule has 3 heteroatoms. The first-order valence-corrected chi connectivity index (χ1v) is 7.11. The van der Waals surface area contributed by atoms with Gasteiger partial charge in [0.05, 0.1) is 0 Å². The Morgan fingerprint density at radius 2 is 1.81 bits per heavy atom. The summed E-state index contributed by atoms with van der Waals surface area (Å²) in [5.41, 5.74) is 2.44. The number of ether oxygens (including phenoxy) is 1. The summed E-state index contributed by atoms with van der Waals surface area (Å²) in [5.74, 6) is -0.343. The van der Waals surface area contributed by atoms with E-state index in [1.54, 1.807) is 0 Å². The third-order valence-corrected chi connectivity index (χ3v) is 3.90. The first-order valence-electron chi connectivity index (χ1n) is 7.11. The summed E-state index contributed by atoms with van der Waals surface area (Å²) >= 11 is 0. The van der Waals surface area contributed by atoms with Gasteiger partial charge in [-0.05, 0) is 62.6 Å². The number of allylic oxidation sites excluding steroid dienone is 4. The molecule has 0 aromatic heterocycles. The number of hydrogen-bond acceptors (Lipinski definition) is 1. The van der Waals surface area contributed by atoms with Crippen LogP contribution >= 0.6 is 0 Å². The van der Waals surface area contributed by atoms with Gasteiger partial charge in [0.2, 0.25) is 0 Å². The highest BCUT2D eigenvalue weighted by Crippen LogP contribution is 2.43. The fourth-order valence-electron chi connectivity index (χ4n) is 3.24. The fraction of sp³-hybridized carbons (Fsp3) is 0.333. The van der Waals surface area contributed by atoms with Crippen LogP contribution in [0.15, 0.2) is 53.3 Å². The molecule has 1 aromatic carbocycles. The molecule has 1 atom stereocenters. The Morgan fingerprint density at radius 3 is 2.48 bits per heavy atom. The molecule has 0 N–H and O–H groups in total. The minimum atomic E-state index is -0.541. The molecule has 1 aliphatic heterocycles. The zero-order chi connectivity index (χ0) is 15.2. The van der Waals surface area contributed by atoms with Crippen molar-refractivity contribution in [2.24, 2.45) is 0 Å². The maximum atomic E-state index is 13.5. The lowest BCUT2D eigenvalue weighted by Crippen LogP contribution is -2.28. The smallest absolute Gasteiger partial charge is 0.126 e. The van der Waals surface area contributed by atoms with Crippen LogP contribution in [-0.4, -0.2) is 5.60 Å². The van der Waals surface area contributed by atoms with E-state index in [2.05, 4.69) is 6.08 Å². The average Bonchev–Trinajstić information content (AvgIpc) is 2.35.